The summed E-state index contributed by atoms with van der Waals surface area (Å²) in [5.41, 5.74) is 1.25. The molecule has 20 heavy (non-hydrogen) atoms. The molecule has 0 spiro atoms. The summed E-state index contributed by atoms with van der Waals surface area (Å²) in [6.07, 6.45) is 3.58. The maximum Gasteiger partial charge on any atom is 0.133 e. The van der Waals surface area contributed by atoms with Gasteiger partial charge in [0.1, 0.15) is 17.3 Å². The lowest BCUT2D eigenvalue weighted by molar-refractivity contribution is -0.120. The number of Topliss-reactive ketones (excluding diaryl/α,β-unsaturated/α-hetero) is 1. The molecule has 2 nitrogen and oxygen atoms in total. The molecule has 2 heteroatoms. The Bertz CT molecular complexity index is 572. The number of benzene rings is 2. The number of para-hydroxylation sites is 1. The second-order valence-corrected chi connectivity index (χ2v) is 5.32. The Morgan fingerprint density at radius 2 is 1.60 bits per heavy atom. The van der Waals surface area contributed by atoms with E-state index in [1.807, 2.05) is 42.5 Å². The summed E-state index contributed by atoms with van der Waals surface area (Å²) in [6, 6.07) is 17.9. The standard InChI is InChI=1S/C18H18O2/c19-16-6-4-5-15(13-16)14-9-11-18(12-10-14)20-17-7-2-1-3-8-17/h1-3,7-12,15H,4-6,13H2. The van der Waals surface area contributed by atoms with Crippen LogP contribution in [0.4, 0.5) is 0 Å². The number of ketones is 1. The third-order valence-electron chi connectivity index (χ3n) is 3.81. The van der Waals surface area contributed by atoms with Gasteiger partial charge in [-0.05, 0) is 48.6 Å². The van der Waals surface area contributed by atoms with Gasteiger partial charge < -0.3 is 4.74 Å². The number of hydrogen-bond acceptors (Lipinski definition) is 2. The van der Waals surface area contributed by atoms with Gasteiger partial charge in [-0.25, -0.2) is 0 Å². The molecule has 102 valence electrons. The number of carbonyl (C=O) groups is 1. The Labute approximate surface area is 119 Å². The Kier molecular flexibility index (Phi) is 3.82. The van der Waals surface area contributed by atoms with Crippen molar-refractivity contribution in [2.45, 2.75) is 31.6 Å². The number of hydrogen-bond donors (Lipinski definition) is 0. The van der Waals surface area contributed by atoms with Crippen LogP contribution >= 0.6 is 0 Å². The number of carbonyl (C=O) groups excluding carboxylic acids is 1. The van der Waals surface area contributed by atoms with Crippen LogP contribution in [0.25, 0.3) is 0 Å². The molecule has 2 aromatic rings. The van der Waals surface area contributed by atoms with Crippen LogP contribution in [0.15, 0.2) is 54.6 Å². The van der Waals surface area contributed by atoms with Crippen molar-refractivity contribution in [1.82, 2.24) is 0 Å². The first-order valence-corrected chi connectivity index (χ1v) is 7.16. The van der Waals surface area contributed by atoms with Crippen molar-refractivity contribution in [2.24, 2.45) is 0 Å². The summed E-state index contributed by atoms with van der Waals surface area (Å²) in [6.45, 7) is 0. The molecular weight excluding hydrogens is 248 g/mol. The van der Waals surface area contributed by atoms with Crippen LogP contribution in [0, 0.1) is 0 Å². The van der Waals surface area contributed by atoms with Crippen LogP contribution < -0.4 is 4.74 Å². The van der Waals surface area contributed by atoms with Gasteiger partial charge in [0, 0.05) is 12.8 Å². The van der Waals surface area contributed by atoms with Gasteiger partial charge in [-0.1, -0.05) is 30.3 Å². The fourth-order valence-corrected chi connectivity index (χ4v) is 2.74. The van der Waals surface area contributed by atoms with Crippen LogP contribution in [0.1, 0.15) is 37.2 Å². The summed E-state index contributed by atoms with van der Waals surface area (Å²) >= 11 is 0. The van der Waals surface area contributed by atoms with E-state index >= 15 is 0 Å². The van der Waals surface area contributed by atoms with Gasteiger partial charge >= 0.3 is 0 Å². The van der Waals surface area contributed by atoms with Crippen LogP contribution in [0.3, 0.4) is 0 Å². The van der Waals surface area contributed by atoms with E-state index in [1.165, 1.54) is 5.56 Å². The largest absolute Gasteiger partial charge is 0.457 e. The van der Waals surface area contributed by atoms with Crippen molar-refractivity contribution < 1.29 is 9.53 Å². The first-order valence-electron chi connectivity index (χ1n) is 7.16. The maximum absolute atomic E-state index is 11.5. The quantitative estimate of drug-likeness (QED) is 0.804. The Morgan fingerprint density at radius 3 is 2.30 bits per heavy atom. The van der Waals surface area contributed by atoms with Gasteiger partial charge in [0.05, 0.1) is 0 Å². The van der Waals surface area contributed by atoms with Gasteiger partial charge in [-0.3, -0.25) is 4.79 Å². The average molecular weight is 266 g/mol. The Morgan fingerprint density at radius 1 is 0.900 bits per heavy atom. The molecule has 0 saturated heterocycles. The van der Waals surface area contributed by atoms with Crippen molar-refractivity contribution in [1.29, 1.82) is 0 Å². The molecule has 0 aliphatic heterocycles. The fraction of sp³-hybridized carbons (Fsp3) is 0.278. The molecule has 0 radical (unpaired) electrons. The van der Waals surface area contributed by atoms with Gasteiger partial charge in [0.15, 0.2) is 0 Å². The summed E-state index contributed by atoms with van der Waals surface area (Å²) in [4.78, 5) is 11.5. The second-order valence-electron chi connectivity index (χ2n) is 5.32. The highest BCUT2D eigenvalue weighted by Crippen LogP contribution is 2.32. The smallest absolute Gasteiger partial charge is 0.133 e. The van der Waals surface area contributed by atoms with E-state index in [2.05, 4.69) is 12.1 Å². The maximum atomic E-state index is 11.5. The van der Waals surface area contributed by atoms with Crippen LogP contribution in [-0.4, -0.2) is 5.78 Å². The van der Waals surface area contributed by atoms with E-state index in [1.54, 1.807) is 0 Å². The molecule has 2 aromatic carbocycles. The summed E-state index contributed by atoms with van der Waals surface area (Å²) in [5.74, 6) is 2.46. The Balaban J connectivity index is 1.69. The van der Waals surface area contributed by atoms with Crippen LogP contribution in [0.5, 0.6) is 11.5 Å². The van der Waals surface area contributed by atoms with E-state index in [0.717, 1.165) is 30.8 Å². The molecule has 1 fully saturated rings. The van der Waals surface area contributed by atoms with E-state index in [9.17, 15) is 4.79 Å². The SMILES string of the molecule is O=C1CCCC(c2ccc(Oc3ccccc3)cc2)C1. The van der Waals surface area contributed by atoms with E-state index in [0.29, 0.717) is 18.1 Å². The third kappa shape index (κ3) is 3.08. The molecule has 0 N–H and O–H groups in total. The van der Waals surface area contributed by atoms with E-state index < -0.39 is 0 Å². The van der Waals surface area contributed by atoms with Crippen LogP contribution in [-0.2, 0) is 4.79 Å². The molecule has 0 amide bonds. The molecule has 1 unspecified atom stereocenters. The highest BCUT2D eigenvalue weighted by Gasteiger charge is 2.20. The highest BCUT2D eigenvalue weighted by atomic mass is 16.5. The number of rotatable bonds is 3. The molecule has 1 atom stereocenters. The highest BCUT2D eigenvalue weighted by molar-refractivity contribution is 5.80. The number of ether oxygens (including phenoxy) is 1. The molecule has 3 rings (SSSR count). The molecule has 1 aliphatic carbocycles. The zero-order valence-electron chi connectivity index (χ0n) is 11.4. The lowest BCUT2D eigenvalue weighted by Gasteiger charge is -2.21. The lowest BCUT2D eigenvalue weighted by Crippen LogP contribution is -2.13. The minimum Gasteiger partial charge on any atom is -0.457 e. The average Bonchev–Trinajstić information content (AvgIpc) is 2.49. The van der Waals surface area contributed by atoms with Gasteiger partial charge in [0.2, 0.25) is 0 Å². The van der Waals surface area contributed by atoms with E-state index in [-0.39, 0.29) is 0 Å². The lowest BCUT2D eigenvalue weighted by atomic mass is 9.83. The van der Waals surface area contributed by atoms with Crippen molar-refractivity contribution in [3.63, 3.8) is 0 Å². The van der Waals surface area contributed by atoms with Gasteiger partial charge in [0.25, 0.3) is 0 Å². The van der Waals surface area contributed by atoms with E-state index in [4.69, 9.17) is 4.74 Å². The second kappa shape index (κ2) is 5.91. The Hall–Kier alpha value is -2.09. The first-order chi connectivity index (χ1) is 9.81. The zero-order chi connectivity index (χ0) is 13.8. The van der Waals surface area contributed by atoms with Crippen molar-refractivity contribution >= 4 is 5.78 Å². The van der Waals surface area contributed by atoms with Crippen LogP contribution in [0.2, 0.25) is 0 Å². The van der Waals surface area contributed by atoms with Crippen molar-refractivity contribution in [2.75, 3.05) is 0 Å². The molecular formula is C18H18O2. The zero-order valence-corrected chi connectivity index (χ0v) is 11.4. The summed E-state index contributed by atoms with van der Waals surface area (Å²) < 4.78 is 5.77. The molecule has 1 aliphatic rings. The predicted molar refractivity (Wildman–Crippen MR) is 79.2 cm³/mol. The summed E-state index contributed by atoms with van der Waals surface area (Å²) in [5, 5.41) is 0. The molecule has 0 bridgehead atoms. The molecule has 1 saturated carbocycles. The van der Waals surface area contributed by atoms with Gasteiger partial charge in [-0.2, -0.15) is 0 Å². The van der Waals surface area contributed by atoms with Gasteiger partial charge in [-0.15, -0.1) is 0 Å². The normalized spacial score (nSPS) is 18.8. The third-order valence-corrected chi connectivity index (χ3v) is 3.81. The minimum absolute atomic E-state index is 0.391. The first kappa shape index (κ1) is 12.9. The fourth-order valence-electron chi connectivity index (χ4n) is 2.74. The minimum atomic E-state index is 0.391. The van der Waals surface area contributed by atoms with Crippen molar-refractivity contribution in [3.8, 4) is 11.5 Å². The topological polar surface area (TPSA) is 26.3 Å². The van der Waals surface area contributed by atoms with Crippen molar-refractivity contribution in [3.05, 3.63) is 60.2 Å². The predicted octanol–water partition coefficient (Wildman–Crippen LogP) is 4.71. The monoisotopic (exact) mass is 266 g/mol. The molecule has 0 aromatic heterocycles. The summed E-state index contributed by atoms with van der Waals surface area (Å²) in [7, 11) is 0. The molecule has 0 heterocycles.